The Kier molecular flexibility index (Phi) is 5.85. The van der Waals surface area contributed by atoms with Crippen LogP contribution >= 0.6 is 23.5 Å². The van der Waals surface area contributed by atoms with Gasteiger partial charge in [0.25, 0.3) is 0 Å². The number of nitrogens with one attached hydrogen (secondary N) is 1. The molecule has 1 aliphatic heterocycles. The van der Waals surface area contributed by atoms with Crippen molar-refractivity contribution in [2.45, 2.75) is 37.5 Å². The van der Waals surface area contributed by atoms with E-state index >= 15 is 0 Å². The highest BCUT2D eigenvalue weighted by Crippen LogP contribution is 2.32. The number of rotatable bonds is 6. The minimum atomic E-state index is 0.306. The molecule has 1 fully saturated rings. The molecule has 0 spiro atoms. The van der Waals surface area contributed by atoms with Crippen molar-refractivity contribution in [2.75, 3.05) is 18.6 Å². The summed E-state index contributed by atoms with van der Waals surface area (Å²) in [6.45, 7) is 5.45. The van der Waals surface area contributed by atoms with E-state index in [1.54, 1.807) is 0 Å². The second-order valence-corrected chi connectivity index (χ2v) is 7.42. The maximum atomic E-state index is 4.83. The third-order valence-corrected chi connectivity index (χ3v) is 6.71. The number of benzene rings is 1. The van der Waals surface area contributed by atoms with Crippen molar-refractivity contribution in [1.82, 2.24) is 5.32 Å². The molecule has 1 heterocycles. The van der Waals surface area contributed by atoms with Crippen LogP contribution in [0.4, 0.5) is 0 Å². The van der Waals surface area contributed by atoms with Crippen molar-refractivity contribution >= 4 is 28.7 Å². The highest BCUT2D eigenvalue weighted by atomic mass is 32.2. The Morgan fingerprint density at radius 1 is 1.30 bits per heavy atom. The number of hydrogen-bond acceptors (Lipinski definition) is 3. The molecule has 0 amide bonds. The molecule has 1 N–H and O–H groups in total. The van der Waals surface area contributed by atoms with Crippen molar-refractivity contribution in [3.05, 3.63) is 35.9 Å². The minimum Gasteiger partial charge on any atom is -0.357 e. The van der Waals surface area contributed by atoms with Crippen LogP contribution in [0.25, 0.3) is 0 Å². The van der Waals surface area contributed by atoms with Gasteiger partial charge in [0.15, 0.2) is 5.17 Å². The zero-order valence-electron chi connectivity index (χ0n) is 12.6. The molecule has 0 bridgehead atoms. The van der Waals surface area contributed by atoms with Crippen molar-refractivity contribution in [3.8, 4) is 0 Å². The highest BCUT2D eigenvalue weighted by molar-refractivity contribution is 8.14. The summed E-state index contributed by atoms with van der Waals surface area (Å²) in [6, 6.07) is 11.0. The molecule has 1 aromatic rings. The summed E-state index contributed by atoms with van der Waals surface area (Å²) >= 11 is 3.80. The first kappa shape index (κ1) is 15.8. The van der Waals surface area contributed by atoms with Gasteiger partial charge in [0.2, 0.25) is 0 Å². The van der Waals surface area contributed by atoms with Gasteiger partial charge in [-0.2, -0.15) is 11.8 Å². The fourth-order valence-electron chi connectivity index (χ4n) is 2.39. The second kappa shape index (κ2) is 7.41. The molecule has 1 aromatic carbocycles. The van der Waals surface area contributed by atoms with Gasteiger partial charge in [-0.05, 0) is 24.7 Å². The average molecular weight is 309 g/mol. The molecule has 0 radical (unpaired) electrons. The zero-order chi connectivity index (χ0) is 14.4. The number of amidine groups is 1. The molecule has 1 atom stereocenters. The van der Waals surface area contributed by atoms with E-state index in [-0.39, 0.29) is 0 Å². The smallest absolute Gasteiger partial charge is 0.157 e. The van der Waals surface area contributed by atoms with E-state index in [1.807, 2.05) is 23.5 Å². The summed E-state index contributed by atoms with van der Waals surface area (Å²) in [4.78, 5) is 4.83. The fraction of sp³-hybridized carbons (Fsp3) is 0.562. The maximum absolute atomic E-state index is 4.83. The van der Waals surface area contributed by atoms with Gasteiger partial charge < -0.3 is 5.32 Å². The summed E-state index contributed by atoms with van der Waals surface area (Å²) in [5.41, 5.74) is 1.35. The average Bonchev–Trinajstić information content (AvgIpc) is 2.99. The van der Waals surface area contributed by atoms with Crippen molar-refractivity contribution in [2.24, 2.45) is 4.99 Å². The van der Waals surface area contributed by atoms with E-state index in [0.29, 0.717) is 10.8 Å². The predicted octanol–water partition coefficient (Wildman–Crippen LogP) is 4.34. The summed E-state index contributed by atoms with van der Waals surface area (Å²) in [5, 5.41) is 4.67. The Bertz CT molecular complexity index is 433. The van der Waals surface area contributed by atoms with Crippen LogP contribution in [-0.4, -0.2) is 28.5 Å². The molecule has 0 aliphatic carbocycles. The van der Waals surface area contributed by atoms with Crippen LogP contribution < -0.4 is 5.32 Å². The number of thioether (sulfide) groups is 2. The van der Waals surface area contributed by atoms with Gasteiger partial charge >= 0.3 is 0 Å². The van der Waals surface area contributed by atoms with Crippen LogP contribution in [0.3, 0.4) is 0 Å². The van der Waals surface area contributed by atoms with Crippen LogP contribution in [0.2, 0.25) is 0 Å². The first-order chi connectivity index (χ1) is 9.73. The van der Waals surface area contributed by atoms with Crippen LogP contribution in [0.5, 0.6) is 0 Å². The van der Waals surface area contributed by atoms with E-state index in [0.717, 1.165) is 17.5 Å². The highest BCUT2D eigenvalue weighted by Gasteiger charge is 2.26. The molecule has 1 saturated heterocycles. The normalized spacial score (nSPS) is 21.1. The Balaban J connectivity index is 1.97. The Morgan fingerprint density at radius 3 is 2.60 bits per heavy atom. The SMILES string of the molecule is CCC(CC)(CN=C1NC(c2ccccc2)CS1)SC. The van der Waals surface area contributed by atoms with E-state index in [4.69, 9.17) is 4.99 Å². The standard InChI is InChI=1S/C16H24N2S2/c1-4-16(5-2,19-3)12-17-15-18-14(11-20-15)13-9-7-6-8-10-13/h6-10,14H,4-5,11-12H2,1-3H3,(H,17,18). The molecule has 2 nitrogen and oxygen atoms in total. The Labute approximate surface area is 131 Å². The van der Waals surface area contributed by atoms with Crippen molar-refractivity contribution < 1.29 is 0 Å². The topological polar surface area (TPSA) is 24.4 Å². The molecule has 1 aliphatic rings. The second-order valence-electron chi connectivity index (χ2n) is 5.13. The summed E-state index contributed by atoms with van der Waals surface area (Å²) < 4.78 is 0.306. The lowest BCUT2D eigenvalue weighted by molar-refractivity contribution is 0.560. The first-order valence-corrected chi connectivity index (χ1v) is 9.48. The van der Waals surface area contributed by atoms with Gasteiger partial charge in [-0.25, -0.2) is 0 Å². The largest absolute Gasteiger partial charge is 0.357 e. The van der Waals surface area contributed by atoms with E-state index in [1.165, 1.54) is 18.4 Å². The van der Waals surface area contributed by atoms with Crippen molar-refractivity contribution in [1.29, 1.82) is 0 Å². The zero-order valence-corrected chi connectivity index (χ0v) is 14.2. The lowest BCUT2D eigenvalue weighted by atomic mass is 10.0. The molecule has 1 unspecified atom stereocenters. The predicted molar refractivity (Wildman–Crippen MR) is 93.9 cm³/mol. The fourth-order valence-corrected chi connectivity index (χ4v) is 4.15. The lowest BCUT2D eigenvalue weighted by Gasteiger charge is -2.27. The minimum absolute atomic E-state index is 0.306. The number of hydrogen-bond donors (Lipinski definition) is 1. The molecule has 0 aromatic heterocycles. The molecule has 2 rings (SSSR count). The molecule has 4 heteroatoms. The third kappa shape index (κ3) is 3.73. The first-order valence-electron chi connectivity index (χ1n) is 7.27. The van der Waals surface area contributed by atoms with Crippen LogP contribution in [0.1, 0.15) is 38.3 Å². The molecular weight excluding hydrogens is 284 g/mol. The number of aliphatic imine (C=N–C) groups is 1. The molecule has 20 heavy (non-hydrogen) atoms. The summed E-state index contributed by atoms with van der Waals surface area (Å²) in [5.74, 6) is 1.08. The van der Waals surface area contributed by atoms with E-state index < -0.39 is 0 Å². The quantitative estimate of drug-likeness (QED) is 0.846. The lowest BCUT2D eigenvalue weighted by Crippen LogP contribution is -2.28. The molecule has 110 valence electrons. The number of nitrogens with zero attached hydrogens (tertiary/aromatic N) is 1. The summed E-state index contributed by atoms with van der Waals surface area (Å²) in [7, 11) is 0. The third-order valence-electron chi connectivity index (χ3n) is 4.12. The van der Waals surface area contributed by atoms with Gasteiger partial charge in [-0.1, -0.05) is 55.9 Å². The van der Waals surface area contributed by atoms with Crippen molar-refractivity contribution in [3.63, 3.8) is 0 Å². The Hall–Kier alpha value is -0.610. The molecule has 0 saturated carbocycles. The monoisotopic (exact) mass is 308 g/mol. The summed E-state index contributed by atoms with van der Waals surface area (Å²) in [6.07, 6.45) is 4.55. The van der Waals surface area contributed by atoms with Gasteiger partial charge in [0.1, 0.15) is 0 Å². The Morgan fingerprint density at radius 2 is 2.00 bits per heavy atom. The maximum Gasteiger partial charge on any atom is 0.157 e. The van der Waals surface area contributed by atoms with E-state index in [9.17, 15) is 0 Å². The van der Waals surface area contributed by atoms with Crippen LogP contribution in [0, 0.1) is 0 Å². The van der Waals surface area contributed by atoms with Gasteiger partial charge in [-0.3, -0.25) is 4.99 Å². The van der Waals surface area contributed by atoms with Gasteiger partial charge in [-0.15, -0.1) is 0 Å². The van der Waals surface area contributed by atoms with Crippen LogP contribution in [-0.2, 0) is 0 Å². The molecular formula is C16H24N2S2. The van der Waals surface area contributed by atoms with Gasteiger partial charge in [0, 0.05) is 10.5 Å². The van der Waals surface area contributed by atoms with E-state index in [2.05, 4.69) is 55.8 Å². The van der Waals surface area contributed by atoms with Gasteiger partial charge in [0.05, 0.1) is 12.6 Å². The van der Waals surface area contributed by atoms with Crippen LogP contribution in [0.15, 0.2) is 35.3 Å².